The standard InChI is InChI=1S/C15H26N4/c1-15(2,3)12-7-9-19(10-8-12)14-6-5-13(11-16-4)17-18-14/h5-6,12,16H,7-11H2,1-4H3. The zero-order valence-electron chi connectivity index (χ0n) is 12.6. The molecule has 4 nitrogen and oxygen atoms in total. The normalized spacial score (nSPS) is 17.8. The maximum Gasteiger partial charge on any atom is 0.151 e. The summed E-state index contributed by atoms with van der Waals surface area (Å²) >= 11 is 0. The van der Waals surface area contributed by atoms with Gasteiger partial charge in [0.15, 0.2) is 5.82 Å². The highest BCUT2D eigenvalue weighted by atomic mass is 15.3. The molecular formula is C15H26N4. The van der Waals surface area contributed by atoms with E-state index < -0.39 is 0 Å². The molecule has 1 aliphatic rings. The van der Waals surface area contributed by atoms with Crippen LogP contribution >= 0.6 is 0 Å². The lowest BCUT2D eigenvalue weighted by Crippen LogP contribution is -2.38. The number of rotatable bonds is 3. The predicted molar refractivity (Wildman–Crippen MR) is 79.2 cm³/mol. The van der Waals surface area contributed by atoms with Crippen molar-refractivity contribution in [2.45, 2.75) is 40.2 Å². The number of aromatic nitrogens is 2. The van der Waals surface area contributed by atoms with Crippen molar-refractivity contribution in [3.05, 3.63) is 17.8 Å². The van der Waals surface area contributed by atoms with Gasteiger partial charge < -0.3 is 10.2 Å². The van der Waals surface area contributed by atoms with E-state index in [-0.39, 0.29) is 0 Å². The van der Waals surface area contributed by atoms with E-state index in [0.29, 0.717) is 5.41 Å². The minimum absolute atomic E-state index is 0.425. The Morgan fingerprint density at radius 2 is 1.89 bits per heavy atom. The van der Waals surface area contributed by atoms with Gasteiger partial charge >= 0.3 is 0 Å². The summed E-state index contributed by atoms with van der Waals surface area (Å²) in [6.07, 6.45) is 2.51. The van der Waals surface area contributed by atoms with Crippen molar-refractivity contribution in [1.29, 1.82) is 0 Å². The average molecular weight is 262 g/mol. The first-order chi connectivity index (χ1) is 9.00. The molecule has 0 radical (unpaired) electrons. The number of nitrogens with zero attached hydrogens (tertiary/aromatic N) is 3. The van der Waals surface area contributed by atoms with Crippen molar-refractivity contribution < 1.29 is 0 Å². The molecule has 1 fully saturated rings. The van der Waals surface area contributed by atoms with Gasteiger partial charge in [-0.25, -0.2) is 0 Å². The largest absolute Gasteiger partial charge is 0.355 e. The lowest BCUT2D eigenvalue weighted by atomic mass is 9.75. The molecule has 0 aromatic carbocycles. The monoisotopic (exact) mass is 262 g/mol. The Morgan fingerprint density at radius 3 is 2.37 bits per heavy atom. The lowest BCUT2D eigenvalue weighted by Gasteiger charge is -2.39. The first-order valence-corrected chi connectivity index (χ1v) is 7.23. The van der Waals surface area contributed by atoms with Gasteiger partial charge in [-0.05, 0) is 43.4 Å². The highest BCUT2D eigenvalue weighted by molar-refractivity contribution is 5.37. The van der Waals surface area contributed by atoms with Gasteiger partial charge in [0.2, 0.25) is 0 Å². The van der Waals surface area contributed by atoms with E-state index in [0.717, 1.165) is 37.1 Å². The van der Waals surface area contributed by atoms with E-state index in [2.05, 4.69) is 53.3 Å². The molecule has 1 saturated heterocycles. The maximum absolute atomic E-state index is 4.34. The summed E-state index contributed by atoms with van der Waals surface area (Å²) in [6.45, 7) is 10.0. The first-order valence-electron chi connectivity index (χ1n) is 7.23. The van der Waals surface area contributed by atoms with Crippen LogP contribution < -0.4 is 10.2 Å². The second-order valence-electron chi connectivity index (χ2n) is 6.54. The number of nitrogens with one attached hydrogen (secondary N) is 1. The zero-order chi connectivity index (χ0) is 13.9. The Morgan fingerprint density at radius 1 is 1.21 bits per heavy atom. The van der Waals surface area contributed by atoms with Gasteiger partial charge in [-0.3, -0.25) is 0 Å². The van der Waals surface area contributed by atoms with Crippen LogP contribution in [0.5, 0.6) is 0 Å². The van der Waals surface area contributed by atoms with Gasteiger partial charge in [0.1, 0.15) is 0 Å². The molecule has 0 unspecified atom stereocenters. The van der Waals surface area contributed by atoms with E-state index in [1.54, 1.807) is 0 Å². The van der Waals surface area contributed by atoms with Crippen LogP contribution in [0.25, 0.3) is 0 Å². The third-order valence-electron chi connectivity index (χ3n) is 4.11. The lowest BCUT2D eigenvalue weighted by molar-refractivity contribution is 0.198. The topological polar surface area (TPSA) is 41.0 Å². The molecule has 1 aromatic heterocycles. The number of hydrogen-bond donors (Lipinski definition) is 1. The third-order valence-corrected chi connectivity index (χ3v) is 4.11. The van der Waals surface area contributed by atoms with Crippen LogP contribution in [0, 0.1) is 11.3 Å². The SMILES string of the molecule is CNCc1ccc(N2CCC(C(C)(C)C)CC2)nn1. The van der Waals surface area contributed by atoms with Crippen molar-refractivity contribution in [3.8, 4) is 0 Å². The smallest absolute Gasteiger partial charge is 0.151 e. The molecule has 0 bridgehead atoms. The Bertz CT molecular complexity index is 386. The van der Waals surface area contributed by atoms with E-state index >= 15 is 0 Å². The zero-order valence-corrected chi connectivity index (χ0v) is 12.6. The molecule has 1 aromatic rings. The van der Waals surface area contributed by atoms with Crippen molar-refractivity contribution in [2.75, 3.05) is 25.0 Å². The molecule has 1 aliphatic heterocycles. The van der Waals surface area contributed by atoms with Crippen LogP contribution in [-0.2, 0) is 6.54 Å². The Kier molecular flexibility index (Phi) is 4.40. The van der Waals surface area contributed by atoms with Crippen LogP contribution in [0.15, 0.2) is 12.1 Å². The van der Waals surface area contributed by atoms with Crippen LogP contribution in [0.2, 0.25) is 0 Å². The summed E-state index contributed by atoms with van der Waals surface area (Å²) in [5.74, 6) is 1.84. The molecule has 106 valence electrons. The van der Waals surface area contributed by atoms with Gasteiger partial charge in [0.05, 0.1) is 5.69 Å². The molecule has 0 atom stereocenters. The van der Waals surface area contributed by atoms with Gasteiger partial charge in [0.25, 0.3) is 0 Å². The van der Waals surface area contributed by atoms with Crippen molar-refractivity contribution in [1.82, 2.24) is 15.5 Å². The van der Waals surface area contributed by atoms with Crippen LogP contribution in [0.4, 0.5) is 5.82 Å². The molecule has 19 heavy (non-hydrogen) atoms. The summed E-state index contributed by atoms with van der Waals surface area (Å²) in [4.78, 5) is 2.36. The summed E-state index contributed by atoms with van der Waals surface area (Å²) in [5.41, 5.74) is 1.42. The fourth-order valence-electron chi connectivity index (χ4n) is 2.77. The van der Waals surface area contributed by atoms with E-state index in [9.17, 15) is 0 Å². The first kappa shape index (κ1) is 14.3. The molecular weight excluding hydrogens is 236 g/mol. The second-order valence-corrected chi connectivity index (χ2v) is 6.54. The van der Waals surface area contributed by atoms with Crippen molar-refractivity contribution in [2.24, 2.45) is 11.3 Å². The molecule has 0 amide bonds. The second kappa shape index (κ2) is 5.87. The Balaban J connectivity index is 1.94. The van der Waals surface area contributed by atoms with Gasteiger partial charge in [-0.15, -0.1) is 5.10 Å². The summed E-state index contributed by atoms with van der Waals surface area (Å²) in [7, 11) is 1.92. The Hall–Kier alpha value is -1.16. The van der Waals surface area contributed by atoms with E-state index in [1.807, 2.05) is 7.05 Å². The molecule has 4 heteroatoms. The number of piperidine rings is 1. The molecule has 1 N–H and O–H groups in total. The highest BCUT2D eigenvalue weighted by Crippen LogP contribution is 2.35. The van der Waals surface area contributed by atoms with Crippen LogP contribution in [0.1, 0.15) is 39.3 Å². The fourth-order valence-corrected chi connectivity index (χ4v) is 2.77. The molecule has 2 rings (SSSR count). The summed E-state index contributed by atoms with van der Waals surface area (Å²) < 4.78 is 0. The minimum atomic E-state index is 0.425. The molecule has 0 aliphatic carbocycles. The van der Waals surface area contributed by atoms with E-state index in [1.165, 1.54) is 12.8 Å². The number of anilines is 1. The quantitative estimate of drug-likeness (QED) is 0.908. The molecule has 2 heterocycles. The maximum atomic E-state index is 4.34. The molecule has 0 saturated carbocycles. The minimum Gasteiger partial charge on any atom is -0.355 e. The van der Waals surface area contributed by atoms with E-state index in [4.69, 9.17) is 0 Å². The highest BCUT2D eigenvalue weighted by Gasteiger charge is 2.29. The Labute approximate surface area is 116 Å². The molecule has 0 spiro atoms. The van der Waals surface area contributed by atoms with Crippen molar-refractivity contribution in [3.63, 3.8) is 0 Å². The predicted octanol–water partition coefficient (Wildman–Crippen LogP) is 2.46. The van der Waals surface area contributed by atoms with Gasteiger partial charge in [-0.1, -0.05) is 20.8 Å². The summed E-state index contributed by atoms with van der Waals surface area (Å²) in [6, 6.07) is 4.16. The van der Waals surface area contributed by atoms with Gasteiger partial charge in [0, 0.05) is 19.6 Å². The van der Waals surface area contributed by atoms with Crippen LogP contribution in [-0.4, -0.2) is 30.3 Å². The van der Waals surface area contributed by atoms with Crippen LogP contribution in [0.3, 0.4) is 0 Å². The third kappa shape index (κ3) is 3.66. The summed E-state index contributed by atoms with van der Waals surface area (Å²) in [5, 5.41) is 11.7. The fraction of sp³-hybridized carbons (Fsp3) is 0.733. The average Bonchev–Trinajstić information content (AvgIpc) is 2.39. The van der Waals surface area contributed by atoms with Gasteiger partial charge in [-0.2, -0.15) is 5.10 Å². The number of hydrogen-bond acceptors (Lipinski definition) is 4. The van der Waals surface area contributed by atoms with Crippen molar-refractivity contribution >= 4 is 5.82 Å².